The van der Waals surface area contributed by atoms with Gasteiger partial charge in [0.15, 0.2) is 0 Å². The van der Waals surface area contributed by atoms with Crippen LogP contribution in [0, 0.1) is 5.82 Å². The van der Waals surface area contributed by atoms with Crippen LogP contribution in [-0.4, -0.2) is 40.9 Å². The maximum Gasteiger partial charge on any atom is 0.219 e. The van der Waals surface area contributed by atoms with Gasteiger partial charge in [-0.25, -0.2) is 14.4 Å². The molecule has 1 saturated heterocycles. The summed E-state index contributed by atoms with van der Waals surface area (Å²) in [6.07, 6.45) is 5.67. The molecular formula is C23H24FN5O. The molecule has 3 aromatic rings. The van der Waals surface area contributed by atoms with E-state index >= 15 is 0 Å². The van der Waals surface area contributed by atoms with Gasteiger partial charge in [-0.2, -0.15) is 0 Å². The Morgan fingerprint density at radius 1 is 1.13 bits per heavy atom. The molecule has 0 spiro atoms. The highest BCUT2D eigenvalue weighted by Crippen LogP contribution is 2.37. The van der Waals surface area contributed by atoms with E-state index in [1.165, 1.54) is 18.5 Å². The number of carbonyl (C=O) groups excluding carboxylic acids is 1. The summed E-state index contributed by atoms with van der Waals surface area (Å²) < 4.78 is 15.0. The van der Waals surface area contributed by atoms with Gasteiger partial charge in [0.05, 0.1) is 6.04 Å². The normalized spacial score (nSPS) is 18.9. The van der Waals surface area contributed by atoms with Crippen molar-refractivity contribution in [1.29, 1.82) is 0 Å². The van der Waals surface area contributed by atoms with Crippen molar-refractivity contribution in [3.05, 3.63) is 66.2 Å². The van der Waals surface area contributed by atoms with Crippen LogP contribution in [0.3, 0.4) is 0 Å². The molecule has 1 amide bonds. The highest BCUT2D eigenvalue weighted by molar-refractivity contribution is 5.73. The van der Waals surface area contributed by atoms with Crippen LogP contribution in [0.2, 0.25) is 0 Å². The lowest BCUT2D eigenvalue weighted by molar-refractivity contribution is -0.121. The summed E-state index contributed by atoms with van der Waals surface area (Å²) >= 11 is 0. The molecule has 2 heterocycles. The van der Waals surface area contributed by atoms with Crippen LogP contribution in [0.4, 0.5) is 10.3 Å². The van der Waals surface area contributed by atoms with Gasteiger partial charge < -0.3 is 16.0 Å². The van der Waals surface area contributed by atoms with E-state index < -0.39 is 0 Å². The van der Waals surface area contributed by atoms with E-state index in [1.54, 1.807) is 6.07 Å². The number of likely N-dealkylation sites (tertiary alicyclic amines) is 1. The molecule has 2 aromatic carbocycles. The fraction of sp³-hybridized carbons (Fsp3) is 0.261. The number of anilines is 1. The molecule has 2 unspecified atom stereocenters. The number of benzene rings is 2. The molecule has 7 heteroatoms. The lowest BCUT2D eigenvalue weighted by Gasteiger charge is -2.38. The molecule has 1 aliphatic rings. The van der Waals surface area contributed by atoms with Crippen molar-refractivity contribution >= 4 is 12.4 Å². The Morgan fingerprint density at radius 2 is 1.90 bits per heavy atom. The molecule has 6 nitrogen and oxygen atoms in total. The molecule has 0 bridgehead atoms. The number of nitrogens with zero attached hydrogens (tertiary/aromatic N) is 3. The summed E-state index contributed by atoms with van der Waals surface area (Å²) in [4.78, 5) is 21.4. The van der Waals surface area contributed by atoms with E-state index in [-0.39, 0.29) is 17.8 Å². The average molecular weight is 405 g/mol. The minimum absolute atomic E-state index is 0.0573. The number of amides is 1. The largest absolute Gasteiger partial charge is 0.368 e. The number of halogens is 1. The summed E-state index contributed by atoms with van der Waals surface area (Å²) in [5.74, 6) is -0.212. The summed E-state index contributed by atoms with van der Waals surface area (Å²) in [6.45, 7) is 0.693. The molecule has 0 saturated carbocycles. The number of aromatic nitrogens is 2. The molecule has 1 fully saturated rings. The lowest BCUT2D eigenvalue weighted by atomic mass is 9.87. The zero-order valence-electron chi connectivity index (χ0n) is 16.8. The Kier molecular flexibility index (Phi) is 5.72. The van der Waals surface area contributed by atoms with Gasteiger partial charge in [0.2, 0.25) is 12.4 Å². The Labute approximate surface area is 175 Å². The predicted octanol–water partition coefficient (Wildman–Crippen LogP) is 3.41. The number of piperidine rings is 1. The topological polar surface area (TPSA) is 84.1 Å². The van der Waals surface area contributed by atoms with Crippen LogP contribution in [0.1, 0.15) is 24.4 Å². The standard InChI is InChI=1S/C23H24FN5O/c1-26-17-8-9-29(14-30)22(11-17)20-5-3-2-4-18(20)15-6-7-19(21(24)10-15)16-12-27-23(25)28-13-16/h2-7,10,12-14,17,22,26H,8-9,11H2,1H3,(H2,25,27,28). The van der Waals surface area contributed by atoms with Gasteiger partial charge in [0, 0.05) is 36.1 Å². The molecule has 0 radical (unpaired) electrons. The SMILES string of the molecule is CNC1CCN(C=O)C(c2ccccc2-c2ccc(-c3cnc(N)nc3)c(F)c2)C1. The number of rotatable bonds is 5. The predicted molar refractivity (Wildman–Crippen MR) is 115 cm³/mol. The third-order valence-corrected chi connectivity index (χ3v) is 5.77. The number of nitrogens with one attached hydrogen (secondary N) is 1. The Balaban J connectivity index is 1.72. The van der Waals surface area contributed by atoms with Crippen LogP contribution >= 0.6 is 0 Å². The van der Waals surface area contributed by atoms with Crippen LogP contribution in [0.5, 0.6) is 0 Å². The molecule has 0 aliphatic carbocycles. The molecule has 154 valence electrons. The van der Waals surface area contributed by atoms with E-state index in [0.717, 1.165) is 35.9 Å². The first-order valence-electron chi connectivity index (χ1n) is 9.95. The second-order valence-electron chi connectivity index (χ2n) is 7.48. The molecule has 4 rings (SSSR count). The summed E-state index contributed by atoms with van der Waals surface area (Å²) in [6, 6.07) is 13.3. The summed E-state index contributed by atoms with van der Waals surface area (Å²) in [7, 11) is 1.94. The first-order chi connectivity index (χ1) is 14.6. The van der Waals surface area contributed by atoms with Crippen molar-refractivity contribution in [2.75, 3.05) is 19.3 Å². The van der Waals surface area contributed by atoms with Gasteiger partial charge in [-0.1, -0.05) is 36.4 Å². The highest BCUT2D eigenvalue weighted by Gasteiger charge is 2.29. The van der Waals surface area contributed by atoms with Crippen molar-refractivity contribution in [2.45, 2.75) is 24.9 Å². The summed E-state index contributed by atoms with van der Waals surface area (Å²) in [5, 5.41) is 3.32. The van der Waals surface area contributed by atoms with E-state index in [1.807, 2.05) is 42.3 Å². The van der Waals surface area contributed by atoms with Crippen molar-refractivity contribution in [1.82, 2.24) is 20.2 Å². The van der Waals surface area contributed by atoms with Gasteiger partial charge in [-0.05, 0) is 42.6 Å². The molecule has 2 atom stereocenters. The van der Waals surface area contributed by atoms with Gasteiger partial charge in [-0.15, -0.1) is 0 Å². The van der Waals surface area contributed by atoms with Crippen LogP contribution in [0.15, 0.2) is 54.9 Å². The van der Waals surface area contributed by atoms with Crippen molar-refractivity contribution in [2.24, 2.45) is 0 Å². The van der Waals surface area contributed by atoms with E-state index in [4.69, 9.17) is 5.73 Å². The fourth-order valence-electron chi connectivity index (χ4n) is 4.12. The average Bonchev–Trinajstić information content (AvgIpc) is 2.79. The molecule has 30 heavy (non-hydrogen) atoms. The van der Waals surface area contributed by atoms with Gasteiger partial charge in [0.25, 0.3) is 0 Å². The zero-order chi connectivity index (χ0) is 21.1. The number of carbonyl (C=O) groups is 1. The zero-order valence-corrected chi connectivity index (χ0v) is 16.8. The van der Waals surface area contributed by atoms with Gasteiger partial charge >= 0.3 is 0 Å². The Morgan fingerprint density at radius 3 is 2.60 bits per heavy atom. The number of hydrogen-bond donors (Lipinski definition) is 2. The molecule has 3 N–H and O–H groups in total. The maximum absolute atomic E-state index is 15.0. The third-order valence-electron chi connectivity index (χ3n) is 5.77. The minimum atomic E-state index is -0.361. The van der Waals surface area contributed by atoms with Crippen molar-refractivity contribution in [3.63, 3.8) is 0 Å². The fourth-order valence-corrected chi connectivity index (χ4v) is 4.12. The highest BCUT2D eigenvalue weighted by atomic mass is 19.1. The first kappa shape index (κ1) is 20.0. The monoisotopic (exact) mass is 405 g/mol. The lowest BCUT2D eigenvalue weighted by Crippen LogP contribution is -2.42. The summed E-state index contributed by atoms with van der Waals surface area (Å²) in [5.41, 5.74) is 9.21. The maximum atomic E-state index is 15.0. The Bertz CT molecular complexity index is 1040. The number of nitrogens with two attached hydrogens (primary N) is 1. The minimum Gasteiger partial charge on any atom is -0.368 e. The molecular weight excluding hydrogens is 381 g/mol. The second-order valence-corrected chi connectivity index (χ2v) is 7.48. The van der Waals surface area contributed by atoms with E-state index in [9.17, 15) is 9.18 Å². The number of hydrogen-bond acceptors (Lipinski definition) is 5. The molecule has 1 aliphatic heterocycles. The second kappa shape index (κ2) is 8.59. The van der Waals surface area contributed by atoms with Crippen LogP contribution in [-0.2, 0) is 4.79 Å². The van der Waals surface area contributed by atoms with Crippen LogP contribution in [0.25, 0.3) is 22.3 Å². The quantitative estimate of drug-likeness (QED) is 0.636. The van der Waals surface area contributed by atoms with Crippen molar-refractivity contribution in [3.8, 4) is 22.3 Å². The molecule has 1 aromatic heterocycles. The number of nitrogen functional groups attached to an aromatic ring is 1. The van der Waals surface area contributed by atoms with E-state index in [2.05, 4.69) is 15.3 Å². The first-order valence-corrected chi connectivity index (χ1v) is 9.95. The van der Waals surface area contributed by atoms with Crippen LogP contribution < -0.4 is 11.1 Å². The van der Waals surface area contributed by atoms with Crippen molar-refractivity contribution < 1.29 is 9.18 Å². The van der Waals surface area contributed by atoms with Gasteiger partial charge in [0.1, 0.15) is 5.82 Å². The third kappa shape index (κ3) is 3.89. The van der Waals surface area contributed by atoms with E-state index in [0.29, 0.717) is 23.7 Å². The van der Waals surface area contributed by atoms with Gasteiger partial charge in [-0.3, -0.25) is 4.79 Å². The Hall–Kier alpha value is -3.32. The smallest absolute Gasteiger partial charge is 0.219 e.